The van der Waals surface area contributed by atoms with Crippen LogP contribution in [0.2, 0.25) is 0 Å². The second-order valence-corrected chi connectivity index (χ2v) is 7.14. The second kappa shape index (κ2) is 7.44. The zero-order valence-electron chi connectivity index (χ0n) is 12.3. The highest BCUT2D eigenvalue weighted by molar-refractivity contribution is 7.90. The van der Waals surface area contributed by atoms with Gasteiger partial charge in [-0.2, -0.15) is 8.42 Å². The average molecular weight is 345 g/mol. The zero-order chi connectivity index (χ0) is 14.7. The third kappa shape index (κ3) is 3.80. The first-order valence-corrected chi connectivity index (χ1v) is 8.89. The Kier molecular flexibility index (Phi) is 5.83. The lowest BCUT2D eigenvalue weighted by Crippen LogP contribution is -2.29. The van der Waals surface area contributed by atoms with Gasteiger partial charge in [0.25, 0.3) is 10.0 Å². The predicted octanol–water partition coefficient (Wildman–Crippen LogP) is 2.35. The van der Waals surface area contributed by atoms with Crippen molar-refractivity contribution < 1.29 is 13.2 Å². The standard InChI is InChI=1S/C15H20N2O3S.ClH/c18-21(19)14-8-2-1-7-13(14)15(17-21)20-10-4-6-12-5-3-9-16-11-12;/h1-2,7-8,12,16H,3-6,9-11H2;1H. The predicted molar refractivity (Wildman–Crippen MR) is 88.2 cm³/mol. The number of piperidine rings is 1. The van der Waals surface area contributed by atoms with E-state index in [0.29, 0.717) is 18.1 Å². The highest BCUT2D eigenvalue weighted by atomic mass is 35.5. The minimum atomic E-state index is -3.56. The fraction of sp³-hybridized carbons (Fsp3) is 0.533. The summed E-state index contributed by atoms with van der Waals surface area (Å²) in [6.07, 6.45) is 4.54. The Morgan fingerprint density at radius 3 is 2.91 bits per heavy atom. The third-order valence-electron chi connectivity index (χ3n) is 3.99. The lowest BCUT2D eigenvalue weighted by atomic mass is 9.95. The molecule has 122 valence electrons. The minimum Gasteiger partial charge on any atom is -0.477 e. The normalized spacial score (nSPS) is 22.4. The zero-order valence-corrected chi connectivity index (χ0v) is 14.0. The number of rotatable bonds is 4. The molecule has 22 heavy (non-hydrogen) atoms. The summed E-state index contributed by atoms with van der Waals surface area (Å²) < 4.78 is 33.1. The second-order valence-electron chi connectivity index (χ2n) is 5.57. The number of hydrogen-bond acceptors (Lipinski definition) is 4. The van der Waals surface area contributed by atoms with Crippen LogP contribution >= 0.6 is 12.4 Å². The molecule has 0 amide bonds. The van der Waals surface area contributed by atoms with Crippen LogP contribution < -0.4 is 5.32 Å². The van der Waals surface area contributed by atoms with Gasteiger partial charge >= 0.3 is 0 Å². The quantitative estimate of drug-likeness (QED) is 0.851. The summed E-state index contributed by atoms with van der Waals surface area (Å²) in [5.41, 5.74) is 0.580. The molecule has 3 rings (SSSR count). The molecular weight excluding hydrogens is 324 g/mol. The summed E-state index contributed by atoms with van der Waals surface area (Å²) >= 11 is 0. The monoisotopic (exact) mass is 344 g/mol. The van der Waals surface area contributed by atoms with Gasteiger partial charge in [-0.15, -0.1) is 16.8 Å². The van der Waals surface area contributed by atoms with Crippen LogP contribution in [0.15, 0.2) is 33.6 Å². The van der Waals surface area contributed by atoms with E-state index in [-0.39, 0.29) is 23.2 Å². The number of nitrogens with zero attached hydrogens (tertiary/aromatic N) is 1. The van der Waals surface area contributed by atoms with Crippen LogP contribution in [0, 0.1) is 5.92 Å². The Labute approximate surface area is 137 Å². The van der Waals surface area contributed by atoms with Crippen molar-refractivity contribution in [1.82, 2.24) is 5.32 Å². The van der Waals surface area contributed by atoms with Crippen LogP contribution in [-0.2, 0) is 14.8 Å². The first-order valence-electron chi connectivity index (χ1n) is 7.45. The van der Waals surface area contributed by atoms with Gasteiger partial charge in [0.1, 0.15) is 4.90 Å². The summed E-state index contributed by atoms with van der Waals surface area (Å²) in [4.78, 5) is 0.247. The molecule has 1 aromatic rings. The third-order valence-corrected chi connectivity index (χ3v) is 5.31. The largest absolute Gasteiger partial charge is 0.477 e. The van der Waals surface area contributed by atoms with Crippen molar-refractivity contribution in [2.45, 2.75) is 30.6 Å². The Morgan fingerprint density at radius 2 is 2.14 bits per heavy atom. The van der Waals surface area contributed by atoms with Crippen LogP contribution in [0.5, 0.6) is 0 Å². The first kappa shape index (κ1) is 17.2. The molecule has 1 unspecified atom stereocenters. The van der Waals surface area contributed by atoms with Crippen molar-refractivity contribution in [1.29, 1.82) is 0 Å². The molecule has 2 aliphatic heterocycles. The van der Waals surface area contributed by atoms with E-state index < -0.39 is 10.0 Å². The molecule has 0 aliphatic carbocycles. The lowest BCUT2D eigenvalue weighted by molar-refractivity contribution is 0.268. The molecule has 0 spiro atoms. The minimum absolute atomic E-state index is 0. The van der Waals surface area contributed by atoms with Crippen molar-refractivity contribution in [3.05, 3.63) is 29.8 Å². The van der Waals surface area contributed by atoms with E-state index in [2.05, 4.69) is 9.71 Å². The summed E-state index contributed by atoms with van der Waals surface area (Å²) in [7, 11) is -3.56. The van der Waals surface area contributed by atoms with Crippen molar-refractivity contribution in [2.24, 2.45) is 10.3 Å². The van der Waals surface area contributed by atoms with Crippen molar-refractivity contribution in [2.75, 3.05) is 19.7 Å². The van der Waals surface area contributed by atoms with E-state index in [0.717, 1.165) is 25.9 Å². The van der Waals surface area contributed by atoms with Crippen molar-refractivity contribution in [3.8, 4) is 0 Å². The maximum Gasteiger partial charge on any atom is 0.286 e. The first-order chi connectivity index (χ1) is 10.2. The average Bonchev–Trinajstić information content (AvgIpc) is 2.77. The molecule has 2 aliphatic rings. The smallest absolute Gasteiger partial charge is 0.286 e. The molecule has 2 heterocycles. The van der Waals surface area contributed by atoms with Gasteiger partial charge in [-0.1, -0.05) is 12.1 Å². The number of sulfonamides is 1. The van der Waals surface area contributed by atoms with Crippen LogP contribution in [0.4, 0.5) is 0 Å². The molecule has 0 bridgehead atoms. The van der Waals surface area contributed by atoms with Gasteiger partial charge in [-0.25, -0.2) is 0 Å². The molecule has 1 aromatic carbocycles. The van der Waals surface area contributed by atoms with E-state index in [4.69, 9.17) is 4.74 Å². The van der Waals surface area contributed by atoms with Gasteiger partial charge in [0.15, 0.2) is 0 Å². The van der Waals surface area contributed by atoms with Gasteiger partial charge in [0.05, 0.1) is 12.2 Å². The van der Waals surface area contributed by atoms with Crippen LogP contribution in [-0.4, -0.2) is 34.0 Å². The highest BCUT2D eigenvalue weighted by Gasteiger charge is 2.29. The van der Waals surface area contributed by atoms with E-state index in [1.165, 1.54) is 12.8 Å². The highest BCUT2D eigenvalue weighted by Crippen LogP contribution is 2.26. The van der Waals surface area contributed by atoms with Gasteiger partial charge in [-0.05, 0) is 56.8 Å². The van der Waals surface area contributed by atoms with E-state index in [1.54, 1.807) is 24.3 Å². The number of benzene rings is 1. The molecule has 0 aromatic heterocycles. The number of nitrogens with one attached hydrogen (secondary N) is 1. The SMILES string of the molecule is Cl.O=S1(=O)N=C(OCCCC2CCCNC2)c2ccccc21. The number of ether oxygens (including phenoxy) is 1. The topological polar surface area (TPSA) is 67.8 Å². The van der Waals surface area contributed by atoms with Crippen LogP contribution in [0.25, 0.3) is 0 Å². The van der Waals surface area contributed by atoms with Gasteiger partial charge < -0.3 is 10.1 Å². The molecule has 5 nitrogen and oxygen atoms in total. The van der Waals surface area contributed by atoms with Gasteiger partial charge in [-0.3, -0.25) is 0 Å². The Morgan fingerprint density at radius 1 is 1.32 bits per heavy atom. The van der Waals surface area contributed by atoms with E-state index >= 15 is 0 Å². The molecule has 1 N–H and O–H groups in total. The summed E-state index contributed by atoms with van der Waals surface area (Å²) in [6.45, 7) is 2.72. The molecule has 1 fully saturated rings. The summed E-state index contributed by atoms with van der Waals surface area (Å²) in [6, 6.07) is 6.80. The van der Waals surface area contributed by atoms with Crippen molar-refractivity contribution in [3.63, 3.8) is 0 Å². The maximum atomic E-state index is 11.9. The maximum absolute atomic E-state index is 11.9. The Bertz CT molecular complexity index is 640. The number of hydrogen-bond donors (Lipinski definition) is 1. The Hall–Kier alpha value is -1.11. The number of fused-ring (bicyclic) bond motifs is 1. The molecular formula is C15H21ClN2O3S. The summed E-state index contributed by atoms with van der Waals surface area (Å²) in [5.74, 6) is 0.955. The molecule has 1 saturated heterocycles. The fourth-order valence-electron chi connectivity index (χ4n) is 2.89. The fourth-order valence-corrected chi connectivity index (χ4v) is 4.04. The molecule has 1 atom stereocenters. The van der Waals surface area contributed by atoms with Gasteiger partial charge in [0.2, 0.25) is 5.90 Å². The number of halogens is 1. The lowest BCUT2D eigenvalue weighted by Gasteiger charge is -2.22. The van der Waals surface area contributed by atoms with Crippen LogP contribution in [0.3, 0.4) is 0 Å². The molecule has 7 heteroatoms. The van der Waals surface area contributed by atoms with Crippen molar-refractivity contribution >= 4 is 28.3 Å². The van der Waals surface area contributed by atoms with Crippen LogP contribution in [0.1, 0.15) is 31.2 Å². The van der Waals surface area contributed by atoms with E-state index in [9.17, 15) is 8.42 Å². The van der Waals surface area contributed by atoms with Gasteiger partial charge in [0, 0.05) is 0 Å². The molecule has 0 saturated carbocycles. The summed E-state index contributed by atoms with van der Waals surface area (Å²) in [5, 5.41) is 3.40. The van der Waals surface area contributed by atoms with E-state index in [1.807, 2.05) is 0 Å². The molecule has 0 radical (unpaired) electrons. The Balaban J connectivity index is 0.00000176.